The number of methoxy groups -OCH3 is 1. The predicted molar refractivity (Wildman–Crippen MR) is 123 cm³/mol. The first-order valence-electron chi connectivity index (χ1n) is 9.70. The van der Waals surface area contributed by atoms with Gasteiger partial charge in [0.25, 0.3) is 11.8 Å². The maximum absolute atomic E-state index is 12.9. The van der Waals surface area contributed by atoms with Gasteiger partial charge in [-0.05, 0) is 60.7 Å². The third-order valence-corrected chi connectivity index (χ3v) is 5.64. The number of anilines is 2. The van der Waals surface area contributed by atoms with E-state index in [1.54, 1.807) is 73.5 Å². The Hall–Kier alpha value is -3.25. The molecule has 2 N–H and O–H groups in total. The van der Waals surface area contributed by atoms with Crippen LogP contribution in [0.4, 0.5) is 11.4 Å². The molecule has 0 unspecified atom stereocenters. The van der Waals surface area contributed by atoms with E-state index in [9.17, 15) is 9.59 Å². The molecule has 0 fully saturated rings. The van der Waals surface area contributed by atoms with Crippen molar-refractivity contribution in [3.63, 3.8) is 0 Å². The zero-order valence-electron chi connectivity index (χ0n) is 17.0. The molecular formula is C24H24N2O3S. The zero-order chi connectivity index (χ0) is 21.3. The van der Waals surface area contributed by atoms with E-state index >= 15 is 0 Å². The molecule has 0 spiro atoms. The highest BCUT2D eigenvalue weighted by atomic mass is 32.2. The van der Waals surface area contributed by atoms with Crippen molar-refractivity contribution in [3.8, 4) is 5.75 Å². The summed E-state index contributed by atoms with van der Waals surface area (Å²) in [4.78, 5) is 26.7. The fourth-order valence-electron chi connectivity index (χ4n) is 2.84. The summed E-state index contributed by atoms with van der Waals surface area (Å²) in [5.41, 5.74) is 2.09. The molecule has 154 valence electrons. The normalized spacial score (nSPS) is 10.3. The Morgan fingerprint density at radius 3 is 2.17 bits per heavy atom. The molecule has 2 amide bonds. The molecule has 0 aliphatic heterocycles. The van der Waals surface area contributed by atoms with Crippen molar-refractivity contribution in [1.29, 1.82) is 0 Å². The van der Waals surface area contributed by atoms with Gasteiger partial charge in [-0.15, -0.1) is 11.8 Å². The summed E-state index contributed by atoms with van der Waals surface area (Å²) in [6.45, 7) is 2.10. The highest BCUT2D eigenvalue weighted by Gasteiger charge is 2.16. The zero-order valence-corrected chi connectivity index (χ0v) is 17.8. The van der Waals surface area contributed by atoms with Gasteiger partial charge < -0.3 is 15.4 Å². The minimum absolute atomic E-state index is 0.237. The number of hydrogen-bond donors (Lipinski definition) is 2. The first-order chi connectivity index (χ1) is 14.6. The monoisotopic (exact) mass is 420 g/mol. The number of carbonyl (C=O) groups is 2. The molecule has 0 atom stereocenters. The summed E-state index contributed by atoms with van der Waals surface area (Å²) >= 11 is 1.65. The van der Waals surface area contributed by atoms with Crippen molar-refractivity contribution >= 4 is 35.0 Å². The lowest BCUT2D eigenvalue weighted by Gasteiger charge is -2.13. The molecule has 0 saturated heterocycles. The van der Waals surface area contributed by atoms with E-state index in [1.807, 2.05) is 18.2 Å². The van der Waals surface area contributed by atoms with E-state index in [4.69, 9.17) is 4.74 Å². The molecule has 3 aromatic carbocycles. The Bertz CT molecular complexity index is 1020. The summed E-state index contributed by atoms with van der Waals surface area (Å²) < 4.78 is 5.14. The Balaban J connectivity index is 1.78. The smallest absolute Gasteiger partial charge is 0.257 e. The van der Waals surface area contributed by atoms with Crippen molar-refractivity contribution < 1.29 is 14.3 Å². The number of nitrogens with one attached hydrogen (secondary N) is 2. The van der Waals surface area contributed by atoms with Crippen LogP contribution in [0.3, 0.4) is 0 Å². The molecule has 0 radical (unpaired) electrons. The Labute approximate surface area is 180 Å². The van der Waals surface area contributed by atoms with Crippen LogP contribution >= 0.6 is 11.8 Å². The van der Waals surface area contributed by atoms with Crippen LogP contribution in [0.2, 0.25) is 0 Å². The van der Waals surface area contributed by atoms with Crippen LogP contribution in [0, 0.1) is 0 Å². The lowest BCUT2D eigenvalue weighted by Crippen LogP contribution is -2.18. The molecule has 0 heterocycles. The van der Waals surface area contributed by atoms with Crippen LogP contribution < -0.4 is 15.4 Å². The van der Waals surface area contributed by atoms with Gasteiger partial charge in [0.15, 0.2) is 0 Å². The molecule has 3 aromatic rings. The van der Waals surface area contributed by atoms with Gasteiger partial charge in [0.05, 0.1) is 23.9 Å². The third-order valence-electron chi connectivity index (χ3n) is 4.36. The molecule has 0 aliphatic carbocycles. The molecule has 0 aromatic heterocycles. The van der Waals surface area contributed by atoms with Crippen LogP contribution in [0.15, 0.2) is 77.7 Å². The number of benzene rings is 3. The van der Waals surface area contributed by atoms with Crippen LogP contribution in [0.5, 0.6) is 5.75 Å². The van der Waals surface area contributed by atoms with Gasteiger partial charge in [0, 0.05) is 10.6 Å². The van der Waals surface area contributed by atoms with Gasteiger partial charge in [0.2, 0.25) is 0 Å². The summed E-state index contributed by atoms with van der Waals surface area (Å²) in [5, 5.41) is 5.75. The van der Waals surface area contributed by atoms with Gasteiger partial charge in [-0.1, -0.05) is 31.2 Å². The van der Waals surface area contributed by atoms with E-state index < -0.39 is 0 Å². The minimum Gasteiger partial charge on any atom is -0.497 e. The summed E-state index contributed by atoms with van der Waals surface area (Å²) in [7, 11) is 1.59. The van der Waals surface area contributed by atoms with Crippen molar-refractivity contribution in [2.45, 2.75) is 18.2 Å². The number of amides is 2. The molecule has 5 nitrogen and oxygen atoms in total. The number of rotatable bonds is 8. The van der Waals surface area contributed by atoms with Crippen LogP contribution in [0.1, 0.15) is 34.1 Å². The molecule has 0 saturated carbocycles. The van der Waals surface area contributed by atoms with Gasteiger partial charge in [-0.2, -0.15) is 0 Å². The van der Waals surface area contributed by atoms with E-state index in [-0.39, 0.29) is 11.8 Å². The lowest BCUT2D eigenvalue weighted by molar-refractivity contribution is 0.102. The first kappa shape index (κ1) is 21.5. The standard InChI is InChI=1S/C24H24N2O3S/c1-3-16-30-22-11-7-5-9-20(22)24(28)26-21-10-6-4-8-19(21)23(27)25-17-12-14-18(29-2)15-13-17/h4-15H,3,16H2,1-2H3,(H,25,27)(H,26,28). The van der Waals surface area contributed by atoms with Crippen LogP contribution in [-0.2, 0) is 0 Å². The third kappa shape index (κ3) is 5.42. The molecule has 3 rings (SSSR count). The van der Waals surface area contributed by atoms with Crippen molar-refractivity contribution in [1.82, 2.24) is 0 Å². The van der Waals surface area contributed by atoms with E-state index in [1.165, 1.54) is 0 Å². The predicted octanol–water partition coefficient (Wildman–Crippen LogP) is 5.70. The van der Waals surface area contributed by atoms with Gasteiger partial charge >= 0.3 is 0 Å². The number of para-hydroxylation sites is 1. The number of ether oxygens (including phenoxy) is 1. The summed E-state index contributed by atoms with van der Waals surface area (Å²) in [6.07, 6.45) is 1.02. The largest absolute Gasteiger partial charge is 0.497 e. The van der Waals surface area contributed by atoms with E-state index in [0.29, 0.717) is 28.3 Å². The summed E-state index contributed by atoms with van der Waals surface area (Å²) in [6, 6.07) is 21.5. The second kappa shape index (κ2) is 10.5. The second-order valence-electron chi connectivity index (χ2n) is 6.53. The highest BCUT2D eigenvalue weighted by molar-refractivity contribution is 7.99. The Kier molecular flexibility index (Phi) is 7.51. The van der Waals surface area contributed by atoms with E-state index in [0.717, 1.165) is 17.1 Å². The Morgan fingerprint density at radius 1 is 0.833 bits per heavy atom. The molecule has 0 bridgehead atoms. The average molecular weight is 421 g/mol. The van der Waals surface area contributed by atoms with Gasteiger partial charge in [-0.25, -0.2) is 0 Å². The molecule has 30 heavy (non-hydrogen) atoms. The number of hydrogen-bond acceptors (Lipinski definition) is 4. The average Bonchev–Trinajstić information content (AvgIpc) is 2.78. The fraction of sp³-hybridized carbons (Fsp3) is 0.167. The van der Waals surface area contributed by atoms with Gasteiger partial charge in [0.1, 0.15) is 5.75 Å². The minimum atomic E-state index is -0.301. The quantitative estimate of drug-likeness (QED) is 0.459. The molecule has 0 aliphatic rings. The SMILES string of the molecule is CCCSc1ccccc1C(=O)Nc1ccccc1C(=O)Nc1ccc(OC)cc1. The maximum atomic E-state index is 12.9. The van der Waals surface area contributed by atoms with Crippen LogP contribution in [0.25, 0.3) is 0 Å². The number of carbonyl (C=O) groups excluding carboxylic acids is 2. The molecule has 6 heteroatoms. The molecular weight excluding hydrogens is 396 g/mol. The van der Waals surface area contributed by atoms with E-state index in [2.05, 4.69) is 17.6 Å². The topological polar surface area (TPSA) is 67.4 Å². The highest BCUT2D eigenvalue weighted by Crippen LogP contribution is 2.25. The lowest BCUT2D eigenvalue weighted by atomic mass is 10.1. The van der Waals surface area contributed by atoms with Gasteiger partial charge in [-0.3, -0.25) is 9.59 Å². The van der Waals surface area contributed by atoms with Crippen molar-refractivity contribution in [2.24, 2.45) is 0 Å². The van der Waals surface area contributed by atoms with Crippen molar-refractivity contribution in [2.75, 3.05) is 23.5 Å². The van der Waals surface area contributed by atoms with Crippen LogP contribution in [-0.4, -0.2) is 24.7 Å². The fourth-order valence-corrected chi connectivity index (χ4v) is 3.76. The second-order valence-corrected chi connectivity index (χ2v) is 7.66. The van der Waals surface area contributed by atoms with Crippen molar-refractivity contribution in [3.05, 3.63) is 83.9 Å². The Morgan fingerprint density at radius 2 is 1.47 bits per heavy atom. The first-order valence-corrected chi connectivity index (χ1v) is 10.7. The maximum Gasteiger partial charge on any atom is 0.257 e. The summed E-state index contributed by atoms with van der Waals surface area (Å²) in [5.74, 6) is 1.11. The number of thioether (sulfide) groups is 1.